The molecule has 5 nitrogen and oxygen atoms in total. The molecule has 22 heavy (non-hydrogen) atoms. The molecule has 3 aliphatic heterocycles. The van der Waals surface area contributed by atoms with Crippen molar-refractivity contribution in [1.29, 1.82) is 0 Å². The summed E-state index contributed by atoms with van der Waals surface area (Å²) in [6, 6.07) is 0.881. The summed E-state index contributed by atoms with van der Waals surface area (Å²) in [4.78, 5) is 27.7. The fourth-order valence-corrected chi connectivity index (χ4v) is 5.19. The zero-order chi connectivity index (χ0) is 15.7. The number of hydrogen-bond donors (Lipinski definition) is 1. The summed E-state index contributed by atoms with van der Waals surface area (Å²) in [7, 11) is 0. The zero-order valence-electron chi connectivity index (χ0n) is 13.5. The minimum absolute atomic E-state index is 0.168. The number of aliphatic carboxylic acids is 1. The molecule has 124 valence electrons. The van der Waals surface area contributed by atoms with Gasteiger partial charge in [-0.15, -0.1) is 0 Å². The van der Waals surface area contributed by atoms with E-state index in [2.05, 4.69) is 9.80 Å². The van der Waals surface area contributed by atoms with E-state index in [4.69, 9.17) is 5.11 Å². The summed E-state index contributed by atoms with van der Waals surface area (Å²) in [5, 5.41) is 8.89. The van der Waals surface area contributed by atoms with Crippen LogP contribution in [0, 0.1) is 11.8 Å². The van der Waals surface area contributed by atoms with Crippen LogP contribution in [0.25, 0.3) is 0 Å². The summed E-state index contributed by atoms with van der Waals surface area (Å²) < 4.78 is 0. The maximum absolute atomic E-state index is 12.1. The van der Waals surface area contributed by atoms with Crippen molar-refractivity contribution >= 4 is 11.9 Å². The SMILES string of the molecule is CC(=O)N1C[C@H]2CCCN3CCC[C@@H](C23)C1CCCC(=O)O. The second-order valence-corrected chi connectivity index (χ2v) is 7.26. The predicted molar refractivity (Wildman–Crippen MR) is 83.5 cm³/mol. The maximum atomic E-state index is 12.1. The second-order valence-electron chi connectivity index (χ2n) is 7.26. The highest BCUT2D eigenvalue weighted by Gasteiger charge is 2.48. The average molecular weight is 308 g/mol. The number of piperidine rings is 3. The van der Waals surface area contributed by atoms with Gasteiger partial charge in [0.05, 0.1) is 0 Å². The molecule has 0 spiro atoms. The standard InChI is InChI=1S/C17H28N2O3/c1-12(20)19-11-13-5-3-9-18-10-4-6-14(17(13)18)15(19)7-2-8-16(21)22/h13-15,17H,2-11H2,1H3,(H,21,22)/t13-,14-,15?,17?/m1/s1. The van der Waals surface area contributed by atoms with Crippen molar-refractivity contribution in [3.05, 3.63) is 0 Å². The summed E-state index contributed by atoms with van der Waals surface area (Å²) in [6.07, 6.45) is 6.64. The van der Waals surface area contributed by atoms with Crippen LogP contribution in [0.4, 0.5) is 0 Å². The molecule has 0 aromatic carbocycles. The fraction of sp³-hybridized carbons (Fsp3) is 0.882. The van der Waals surface area contributed by atoms with Gasteiger partial charge in [0.1, 0.15) is 0 Å². The lowest BCUT2D eigenvalue weighted by molar-refractivity contribution is -0.144. The topological polar surface area (TPSA) is 60.9 Å². The Hall–Kier alpha value is -1.10. The number of rotatable bonds is 4. The highest BCUT2D eigenvalue weighted by molar-refractivity contribution is 5.74. The first-order valence-corrected chi connectivity index (χ1v) is 8.81. The summed E-state index contributed by atoms with van der Waals surface area (Å²) in [5.74, 6) is 0.608. The molecule has 4 atom stereocenters. The van der Waals surface area contributed by atoms with Crippen molar-refractivity contribution in [2.75, 3.05) is 19.6 Å². The van der Waals surface area contributed by atoms with E-state index in [-0.39, 0.29) is 18.4 Å². The van der Waals surface area contributed by atoms with Crippen LogP contribution in [0.2, 0.25) is 0 Å². The lowest BCUT2D eigenvalue weighted by Gasteiger charge is -2.57. The number of carboxylic acids is 1. The molecule has 5 heteroatoms. The highest BCUT2D eigenvalue weighted by Crippen LogP contribution is 2.43. The van der Waals surface area contributed by atoms with E-state index in [1.165, 1.54) is 38.8 Å². The Kier molecular flexibility index (Phi) is 4.71. The van der Waals surface area contributed by atoms with Gasteiger partial charge in [0, 0.05) is 32.0 Å². The average Bonchev–Trinajstić information content (AvgIpc) is 2.49. The molecule has 3 heterocycles. The molecule has 1 N–H and O–H groups in total. The van der Waals surface area contributed by atoms with Gasteiger partial charge in [0.25, 0.3) is 0 Å². The quantitative estimate of drug-likeness (QED) is 0.862. The van der Waals surface area contributed by atoms with Crippen molar-refractivity contribution < 1.29 is 14.7 Å². The van der Waals surface area contributed by atoms with Crippen molar-refractivity contribution in [2.45, 2.75) is 64.0 Å². The lowest BCUT2D eigenvalue weighted by Crippen LogP contribution is -2.65. The van der Waals surface area contributed by atoms with E-state index >= 15 is 0 Å². The van der Waals surface area contributed by atoms with Crippen LogP contribution in [0.3, 0.4) is 0 Å². The fourth-order valence-electron chi connectivity index (χ4n) is 5.19. The van der Waals surface area contributed by atoms with Gasteiger partial charge in [-0.1, -0.05) is 0 Å². The minimum atomic E-state index is -0.731. The molecule has 0 saturated carbocycles. The van der Waals surface area contributed by atoms with Crippen LogP contribution < -0.4 is 0 Å². The highest BCUT2D eigenvalue weighted by atomic mass is 16.4. The van der Waals surface area contributed by atoms with Gasteiger partial charge in [-0.2, -0.15) is 0 Å². The third kappa shape index (κ3) is 3.00. The number of likely N-dealkylation sites (tertiary alicyclic amines) is 1. The first-order chi connectivity index (χ1) is 10.6. The maximum Gasteiger partial charge on any atom is 0.303 e. The van der Waals surface area contributed by atoms with E-state index in [0.717, 1.165) is 13.0 Å². The Morgan fingerprint density at radius 3 is 2.59 bits per heavy atom. The van der Waals surface area contributed by atoms with Crippen molar-refractivity contribution in [1.82, 2.24) is 9.80 Å². The number of carbonyl (C=O) groups is 2. The first kappa shape index (κ1) is 15.8. The van der Waals surface area contributed by atoms with Crippen molar-refractivity contribution in [3.63, 3.8) is 0 Å². The molecule has 3 fully saturated rings. The van der Waals surface area contributed by atoms with Gasteiger partial charge < -0.3 is 10.0 Å². The number of carboxylic acid groups (broad SMARTS) is 1. The van der Waals surface area contributed by atoms with E-state index in [9.17, 15) is 9.59 Å². The van der Waals surface area contributed by atoms with E-state index in [1.54, 1.807) is 6.92 Å². The first-order valence-electron chi connectivity index (χ1n) is 8.81. The van der Waals surface area contributed by atoms with Gasteiger partial charge in [-0.25, -0.2) is 0 Å². The molecule has 0 aromatic rings. The van der Waals surface area contributed by atoms with Gasteiger partial charge in [-0.3, -0.25) is 14.5 Å². The van der Waals surface area contributed by atoms with Crippen molar-refractivity contribution in [3.8, 4) is 0 Å². The van der Waals surface area contributed by atoms with Gasteiger partial charge in [0.15, 0.2) is 0 Å². The Balaban J connectivity index is 1.77. The molecular formula is C17H28N2O3. The normalized spacial score (nSPS) is 35.0. The molecule has 3 saturated heterocycles. The molecule has 0 aliphatic carbocycles. The largest absolute Gasteiger partial charge is 0.481 e. The van der Waals surface area contributed by atoms with Crippen LogP contribution in [-0.2, 0) is 9.59 Å². The van der Waals surface area contributed by atoms with Crippen LogP contribution in [0.1, 0.15) is 51.9 Å². The van der Waals surface area contributed by atoms with Gasteiger partial charge >= 0.3 is 5.97 Å². The van der Waals surface area contributed by atoms with E-state index in [1.807, 2.05) is 0 Å². The van der Waals surface area contributed by atoms with Gasteiger partial charge in [-0.05, 0) is 63.5 Å². The summed E-state index contributed by atoms with van der Waals surface area (Å²) >= 11 is 0. The van der Waals surface area contributed by atoms with Gasteiger partial charge in [0.2, 0.25) is 5.91 Å². The van der Waals surface area contributed by atoms with Crippen LogP contribution >= 0.6 is 0 Å². The number of hydrogen-bond acceptors (Lipinski definition) is 3. The summed E-state index contributed by atoms with van der Waals surface area (Å²) in [5.41, 5.74) is 0. The smallest absolute Gasteiger partial charge is 0.303 e. The molecule has 1 amide bonds. The number of nitrogens with zero attached hydrogens (tertiary/aromatic N) is 2. The van der Waals surface area contributed by atoms with Crippen LogP contribution in [0.5, 0.6) is 0 Å². The molecule has 3 aliphatic rings. The molecule has 3 rings (SSSR count). The van der Waals surface area contributed by atoms with Crippen molar-refractivity contribution in [2.24, 2.45) is 11.8 Å². The number of amides is 1. The molecule has 2 unspecified atom stereocenters. The third-order valence-electron chi connectivity index (χ3n) is 5.97. The second kappa shape index (κ2) is 6.57. The van der Waals surface area contributed by atoms with E-state index in [0.29, 0.717) is 24.3 Å². The van der Waals surface area contributed by atoms with Crippen LogP contribution in [0.15, 0.2) is 0 Å². The molecular weight excluding hydrogens is 280 g/mol. The number of carbonyl (C=O) groups excluding carboxylic acids is 1. The minimum Gasteiger partial charge on any atom is -0.481 e. The predicted octanol–water partition coefficient (Wildman–Crippen LogP) is 1.96. The Labute approximate surface area is 132 Å². The lowest BCUT2D eigenvalue weighted by atomic mass is 9.69. The molecule has 0 radical (unpaired) electrons. The summed E-state index contributed by atoms with van der Waals surface area (Å²) in [6.45, 7) is 4.97. The Morgan fingerprint density at radius 1 is 1.18 bits per heavy atom. The van der Waals surface area contributed by atoms with Crippen LogP contribution in [-0.4, -0.2) is 58.5 Å². The zero-order valence-corrected chi connectivity index (χ0v) is 13.5. The monoisotopic (exact) mass is 308 g/mol. The Morgan fingerprint density at radius 2 is 1.91 bits per heavy atom. The molecule has 0 aromatic heterocycles. The van der Waals surface area contributed by atoms with E-state index < -0.39 is 5.97 Å². The molecule has 0 bridgehead atoms. The Bertz CT molecular complexity index is 438. The third-order valence-corrected chi connectivity index (χ3v) is 5.97.